The maximum absolute atomic E-state index is 12.0. The van der Waals surface area contributed by atoms with Crippen molar-refractivity contribution in [2.45, 2.75) is 19.3 Å². The van der Waals surface area contributed by atoms with E-state index in [1.54, 1.807) is 18.2 Å². The van der Waals surface area contributed by atoms with Crippen LogP contribution in [-0.2, 0) is 11.2 Å². The topological polar surface area (TPSA) is 72.2 Å². The molecule has 1 atom stereocenters. The summed E-state index contributed by atoms with van der Waals surface area (Å²) < 4.78 is 0. The summed E-state index contributed by atoms with van der Waals surface area (Å²) in [6.45, 7) is 2.53. The molecule has 114 valence electrons. The van der Waals surface area contributed by atoms with Crippen LogP contribution in [0.5, 0.6) is 0 Å². The van der Waals surface area contributed by atoms with E-state index in [2.05, 4.69) is 5.32 Å². The highest BCUT2D eigenvalue weighted by Gasteiger charge is 2.15. The van der Waals surface area contributed by atoms with Gasteiger partial charge >= 0.3 is 0 Å². The van der Waals surface area contributed by atoms with Gasteiger partial charge in [-0.1, -0.05) is 55.5 Å². The predicted octanol–water partition coefficient (Wildman–Crippen LogP) is 3.06. The second-order valence-corrected chi connectivity index (χ2v) is 5.18. The molecule has 1 N–H and O–H groups in total. The van der Waals surface area contributed by atoms with Crippen LogP contribution in [0.1, 0.15) is 24.0 Å². The number of carbonyl (C=O) groups is 1. The van der Waals surface area contributed by atoms with E-state index in [-0.39, 0.29) is 23.9 Å². The number of para-hydroxylation sites is 1. The lowest BCUT2D eigenvalue weighted by molar-refractivity contribution is -0.385. The molecule has 0 bridgehead atoms. The Kier molecular flexibility index (Phi) is 5.25. The highest BCUT2D eigenvalue weighted by molar-refractivity contribution is 5.79. The van der Waals surface area contributed by atoms with Crippen LogP contribution in [0.4, 0.5) is 5.69 Å². The van der Waals surface area contributed by atoms with Crippen molar-refractivity contribution in [3.05, 3.63) is 75.8 Å². The number of nitrogens with one attached hydrogen (secondary N) is 1. The first-order valence-corrected chi connectivity index (χ1v) is 7.12. The van der Waals surface area contributed by atoms with Gasteiger partial charge in [0, 0.05) is 18.2 Å². The average molecular weight is 298 g/mol. The van der Waals surface area contributed by atoms with Crippen molar-refractivity contribution in [3.63, 3.8) is 0 Å². The van der Waals surface area contributed by atoms with Crippen LogP contribution in [-0.4, -0.2) is 17.4 Å². The first-order valence-electron chi connectivity index (χ1n) is 7.12. The summed E-state index contributed by atoms with van der Waals surface area (Å²) in [5.41, 5.74) is 1.56. The third-order valence-electron chi connectivity index (χ3n) is 3.51. The number of nitro groups is 1. The van der Waals surface area contributed by atoms with Crippen molar-refractivity contribution >= 4 is 11.6 Å². The summed E-state index contributed by atoms with van der Waals surface area (Å²) in [4.78, 5) is 22.5. The molecule has 0 fully saturated rings. The summed E-state index contributed by atoms with van der Waals surface area (Å²) in [6.07, 6.45) is 0.0126. The van der Waals surface area contributed by atoms with E-state index >= 15 is 0 Å². The Morgan fingerprint density at radius 3 is 2.45 bits per heavy atom. The Morgan fingerprint density at radius 2 is 1.77 bits per heavy atom. The molecule has 0 unspecified atom stereocenters. The van der Waals surface area contributed by atoms with Crippen LogP contribution < -0.4 is 5.32 Å². The van der Waals surface area contributed by atoms with Crippen molar-refractivity contribution < 1.29 is 9.72 Å². The lowest BCUT2D eigenvalue weighted by atomic mass is 10.0. The van der Waals surface area contributed by atoms with Gasteiger partial charge in [0.15, 0.2) is 0 Å². The third kappa shape index (κ3) is 4.15. The standard InChI is InChI=1S/C17H18N2O3/c1-13(14-7-3-2-4-8-14)12-18-17(20)11-15-9-5-6-10-16(15)19(21)22/h2-10,13H,11-12H2,1H3,(H,18,20)/t13-/m1/s1. The maximum Gasteiger partial charge on any atom is 0.273 e. The van der Waals surface area contributed by atoms with Crippen molar-refractivity contribution in [2.24, 2.45) is 0 Å². The molecule has 0 aliphatic rings. The van der Waals surface area contributed by atoms with Gasteiger partial charge in [0.05, 0.1) is 11.3 Å². The Balaban J connectivity index is 1.93. The molecule has 2 rings (SSSR count). The van der Waals surface area contributed by atoms with Gasteiger partial charge in [-0.05, 0) is 11.5 Å². The van der Waals surface area contributed by atoms with E-state index < -0.39 is 4.92 Å². The van der Waals surface area contributed by atoms with Crippen LogP contribution in [0.3, 0.4) is 0 Å². The van der Waals surface area contributed by atoms with E-state index in [9.17, 15) is 14.9 Å². The molecule has 0 aliphatic heterocycles. The van der Waals surface area contributed by atoms with Crippen LogP contribution >= 0.6 is 0 Å². The maximum atomic E-state index is 12.0. The first kappa shape index (κ1) is 15.7. The van der Waals surface area contributed by atoms with Gasteiger partial charge < -0.3 is 5.32 Å². The molecule has 0 aliphatic carbocycles. The monoisotopic (exact) mass is 298 g/mol. The quantitative estimate of drug-likeness (QED) is 0.658. The van der Waals surface area contributed by atoms with E-state index in [4.69, 9.17) is 0 Å². The number of amides is 1. The molecule has 0 aromatic heterocycles. The number of carbonyl (C=O) groups excluding carboxylic acids is 1. The summed E-state index contributed by atoms with van der Waals surface area (Å²) in [7, 11) is 0. The van der Waals surface area contributed by atoms with Gasteiger partial charge in [-0.25, -0.2) is 0 Å². The Bertz CT molecular complexity index is 656. The average Bonchev–Trinajstić information content (AvgIpc) is 2.53. The second kappa shape index (κ2) is 7.36. The minimum absolute atomic E-state index is 0.0126. The van der Waals surface area contributed by atoms with Crippen LogP contribution in [0.25, 0.3) is 0 Å². The first-order chi connectivity index (χ1) is 10.6. The molecule has 0 saturated heterocycles. The fraction of sp³-hybridized carbons (Fsp3) is 0.235. The van der Waals surface area contributed by atoms with Crippen molar-refractivity contribution in [3.8, 4) is 0 Å². The lowest BCUT2D eigenvalue weighted by Crippen LogP contribution is -2.29. The number of nitrogens with zero attached hydrogens (tertiary/aromatic N) is 1. The molecule has 2 aromatic carbocycles. The zero-order chi connectivity index (χ0) is 15.9. The van der Waals surface area contributed by atoms with Crippen molar-refractivity contribution in [1.29, 1.82) is 0 Å². The molecule has 5 heteroatoms. The number of benzene rings is 2. The molecule has 0 spiro atoms. The summed E-state index contributed by atoms with van der Waals surface area (Å²) in [6, 6.07) is 16.2. The molecule has 0 radical (unpaired) electrons. The Morgan fingerprint density at radius 1 is 1.14 bits per heavy atom. The highest BCUT2D eigenvalue weighted by Crippen LogP contribution is 2.18. The van der Waals surface area contributed by atoms with Gasteiger partial charge in [0.2, 0.25) is 5.91 Å². The number of hydrogen-bond donors (Lipinski definition) is 1. The zero-order valence-corrected chi connectivity index (χ0v) is 12.4. The van der Waals surface area contributed by atoms with Crippen molar-refractivity contribution in [1.82, 2.24) is 5.32 Å². The lowest BCUT2D eigenvalue weighted by Gasteiger charge is -2.13. The smallest absolute Gasteiger partial charge is 0.273 e. The fourth-order valence-corrected chi connectivity index (χ4v) is 2.24. The van der Waals surface area contributed by atoms with Crippen LogP contribution in [0, 0.1) is 10.1 Å². The van der Waals surface area contributed by atoms with E-state index in [1.807, 2.05) is 37.3 Å². The minimum atomic E-state index is -0.463. The van der Waals surface area contributed by atoms with Gasteiger partial charge in [-0.15, -0.1) is 0 Å². The summed E-state index contributed by atoms with van der Waals surface area (Å²) >= 11 is 0. The van der Waals surface area contributed by atoms with Crippen LogP contribution in [0.2, 0.25) is 0 Å². The minimum Gasteiger partial charge on any atom is -0.355 e. The number of nitro benzene ring substituents is 1. The molecule has 2 aromatic rings. The van der Waals surface area contributed by atoms with Gasteiger partial charge in [0.1, 0.15) is 0 Å². The number of hydrogen-bond acceptors (Lipinski definition) is 3. The summed E-state index contributed by atoms with van der Waals surface area (Å²) in [5.74, 6) is -0.0204. The van der Waals surface area contributed by atoms with Gasteiger partial charge in [0.25, 0.3) is 5.69 Å². The third-order valence-corrected chi connectivity index (χ3v) is 3.51. The Labute approximate surface area is 129 Å². The Hall–Kier alpha value is -2.69. The molecular formula is C17H18N2O3. The zero-order valence-electron chi connectivity index (χ0n) is 12.4. The molecule has 22 heavy (non-hydrogen) atoms. The van der Waals surface area contributed by atoms with E-state index in [0.717, 1.165) is 5.56 Å². The SMILES string of the molecule is C[C@H](CNC(=O)Cc1ccccc1[N+](=O)[O-])c1ccccc1. The molecule has 0 saturated carbocycles. The molecule has 5 nitrogen and oxygen atoms in total. The van der Waals surface area contributed by atoms with Gasteiger partial charge in [-0.3, -0.25) is 14.9 Å². The number of rotatable bonds is 6. The second-order valence-electron chi connectivity index (χ2n) is 5.18. The predicted molar refractivity (Wildman–Crippen MR) is 84.7 cm³/mol. The molecular weight excluding hydrogens is 280 g/mol. The van der Waals surface area contributed by atoms with Gasteiger partial charge in [-0.2, -0.15) is 0 Å². The molecule has 0 heterocycles. The van der Waals surface area contributed by atoms with E-state index in [1.165, 1.54) is 6.07 Å². The molecule has 1 amide bonds. The van der Waals surface area contributed by atoms with Crippen molar-refractivity contribution in [2.75, 3.05) is 6.54 Å². The van der Waals surface area contributed by atoms with Crippen LogP contribution in [0.15, 0.2) is 54.6 Å². The fourth-order valence-electron chi connectivity index (χ4n) is 2.24. The normalized spacial score (nSPS) is 11.7. The highest BCUT2D eigenvalue weighted by atomic mass is 16.6. The largest absolute Gasteiger partial charge is 0.355 e. The van der Waals surface area contributed by atoms with E-state index in [0.29, 0.717) is 12.1 Å². The summed E-state index contributed by atoms with van der Waals surface area (Å²) in [5, 5.41) is 13.8.